The van der Waals surface area contributed by atoms with Crippen LogP contribution in [-0.2, 0) is 20.6 Å². The number of amides is 1. The summed E-state index contributed by atoms with van der Waals surface area (Å²) in [7, 11) is -0.422. The van der Waals surface area contributed by atoms with Crippen LogP contribution >= 0.6 is 0 Å². The minimum atomic E-state index is -0.486. The number of likely N-dealkylation sites (tertiary alicyclic amines) is 1. The lowest BCUT2D eigenvalue weighted by Gasteiger charge is -2.32. The second-order valence-electron chi connectivity index (χ2n) is 9.55. The molecule has 1 aromatic rings. The Labute approximate surface area is 162 Å². The predicted molar refractivity (Wildman–Crippen MR) is 104 cm³/mol. The summed E-state index contributed by atoms with van der Waals surface area (Å²) in [5, 5.41) is 4.47. The van der Waals surface area contributed by atoms with Crippen LogP contribution in [0.15, 0.2) is 12.4 Å². The number of carbonyl (C=O) groups is 1. The van der Waals surface area contributed by atoms with Gasteiger partial charge in [0.25, 0.3) is 0 Å². The van der Waals surface area contributed by atoms with E-state index in [2.05, 4.69) is 5.10 Å². The van der Waals surface area contributed by atoms with Gasteiger partial charge in [-0.15, -0.1) is 0 Å². The highest BCUT2D eigenvalue weighted by atomic mass is 16.7. The normalized spacial score (nSPS) is 24.5. The number of hydrogen-bond donors (Lipinski definition) is 0. The van der Waals surface area contributed by atoms with Crippen LogP contribution in [0.3, 0.4) is 0 Å². The quantitative estimate of drug-likeness (QED) is 0.758. The van der Waals surface area contributed by atoms with Gasteiger partial charge in [0.2, 0.25) is 0 Å². The van der Waals surface area contributed by atoms with Crippen molar-refractivity contribution in [3.05, 3.63) is 12.4 Å². The monoisotopic (exact) mass is 377 g/mol. The van der Waals surface area contributed by atoms with E-state index in [0.717, 1.165) is 24.8 Å². The summed E-state index contributed by atoms with van der Waals surface area (Å²) in [6, 6.07) is 0.0888. The molecule has 2 aliphatic rings. The van der Waals surface area contributed by atoms with Gasteiger partial charge in [-0.25, -0.2) is 4.79 Å². The fraction of sp³-hybridized carbons (Fsp3) is 0.789. The van der Waals surface area contributed by atoms with E-state index in [1.54, 1.807) is 6.20 Å². The van der Waals surface area contributed by atoms with E-state index in [-0.39, 0.29) is 23.3 Å². The molecule has 1 amide bonds. The Morgan fingerprint density at radius 1 is 1.30 bits per heavy atom. The molecule has 0 radical (unpaired) electrons. The first-order valence-electron chi connectivity index (χ1n) is 9.76. The third kappa shape index (κ3) is 4.32. The summed E-state index contributed by atoms with van der Waals surface area (Å²) in [5.41, 5.74) is -0.340. The highest BCUT2D eigenvalue weighted by Gasteiger charge is 2.52. The zero-order chi connectivity index (χ0) is 20.0. The Morgan fingerprint density at radius 3 is 2.52 bits per heavy atom. The molecule has 0 N–H and O–H groups in total. The minimum Gasteiger partial charge on any atom is -0.444 e. The molecule has 0 aliphatic carbocycles. The van der Waals surface area contributed by atoms with E-state index in [1.807, 2.05) is 64.2 Å². The van der Waals surface area contributed by atoms with E-state index >= 15 is 0 Å². The number of hydrogen-bond acceptors (Lipinski definition) is 5. The van der Waals surface area contributed by atoms with E-state index < -0.39 is 12.7 Å². The average Bonchev–Trinajstić information content (AvgIpc) is 3.17. The second kappa shape index (κ2) is 6.81. The van der Waals surface area contributed by atoms with Gasteiger partial charge in [-0.05, 0) is 61.3 Å². The van der Waals surface area contributed by atoms with Gasteiger partial charge in [0.1, 0.15) is 5.60 Å². The standard InChI is InChI=1S/C19H32BN3O4/c1-17(2,3)25-16(24)23-10-8-9-15(23)13-22-12-14(11-21-22)20-26-18(4,5)19(6,7)27-20/h11-12,15H,8-10,13H2,1-7H3/t15-/m0/s1. The summed E-state index contributed by atoms with van der Waals surface area (Å²) >= 11 is 0. The van der Waals surface area contributed by atoms with Gasteiger partial charge in [0, 0.05) is 24.4 Å². The van der Waals surface area contributed by atoms with Gasteiger partial charge in [0.15, 0.2) is 0 Å². The van der Waals surface area contributed by atoms with Crippen molar-refractivity contribution in [2.75, 3.05) is 6.54 Å². The molecule has 0 spiro atoms. The molecule has 1 atom stereocenters. The number of aromatic nitrogens is 2. The molecule has 150 valence electrons. The Hall–Kier alpha value is -1.54. The number of ether oxygens (including phenoxy) is 1. The fourth-order valence-electron chi connectivity index (χ4n) is 3.38. The maximum Gasteiger partial charge on any atom is 0.498 e. The largest absolute Gasteiger partial charge is 0.498 e. The van der Waals surface area contributed by atoms with Crippen LogP contribution in [0, 0.1) is 0 Å². The van der Waals surface area contributed by atoms with Crippen LogP contribution < -0.4 is 5.46 Å². The molecule has 7 nitrogen and oxygen atoms in total. The molecule has 0 saturated carbocycles. The lowest BCUT2D eigenvalue weighted by molar-refractivity contribution is 0.00578. The SMILES string of the molecule is CC(C)(C)OC(=O)N1CCC[C@H]1Cn1cc(B2OC(C)(C)C(C)(C)O2)cn1. The lowest BCUT2D eigenvalue weighted by Crippen LogP contribution is -2.41. The lowest BCUT2D eigenvalue weighted by atomic mass is 9.82. The molecule has 1 aromatic heterocycles. The Bertz CT molecular complexity index is 679. The van der Waals surface area contributed by atoms with Crippen molar-refractivity contribution in [1.29, 1.82) is 0 Å². The van der Waals surface area contributed by atoms with Gasteiger partial charge in [-0.2, -0.15) is 5.10 Å². The van der Waals surface area contributed by atoms with Gasteiger partial charge in [-0.1, -0.05) is 0 Å². The third-order valence-corrected chi connectivity index (χ3v) is 5.58. The minimum absolute atomic E-state index is 0.0888. The predicted octanol–water partition coefficient (Wildman–Crippen LogP) is 2.58. The van der Waals surface area contributed by atoms with Crippen LogP contribution in [-0.4, -0.2) is 57.3 Å². The fourth-order valence-corrected chi connectivity index (χ4v) is 3.38. The van der Waals surface area contributed by atoms with Gasteiger partial charge < -0.3 is 18.9 Å². The van der Waals surface area contributed by atoms with Crippen molar-refractivity contribution in [2.24, 2.45) is 0 Å². The van der Waals surface area contributed by atoms with E-state index in [0.29, 0.717) is 6.54 Å². The highest BCUT2D eigenvalue weighted by molar-refractivity contribution is 6.61. The summed E-state index contributed by atoms with van der Waals surface area (Å²) < 4.78 is 19.6. The molecule has 0 bridgehead atoms. The van der Waals surface area contributed by atoms with Crippen LogP contribution in [0.5, 0.6) is 0 Å². The maximum absolute atomic E-state index is 12.5. The molecule has 8 heteroatoms. The molecular weight excluding hydrogens is 345 g/mol. The topological polar surface area (TPSA) is 65.8 Å². The first kappa shape index (κ1) is 20.2. The van der Waals surface area contributed by atoms with Crippen LogP contribution in [0.4, 0.5) is 4.79 Å². The Morgan fingerprint density at radius 2 is 1.93 bits per heavy atom. The van der Waals surface area contributed by atoms with Crippen molar-refractivity contribution in [2.45, 2.75) is 90.7 Å². The summed E-state index contributed by atoms with van der Waals surface area (Å²) in [5.74, 6) is 0. The van der Waals surface area contributed by atoms with Gasteiger partial charge in [-0.3, -0.25) is 4.68 Å². The number of rotatable bonds is 3. The Balaban J connectivity index is 1.65. The molecule has 2 fully saturated rings. The summed E-state index contributed by atoms with van der Waals surface area (Å²) in [4.78, 5) is 14.3. The number of carbonyl (C=O) groups excluding carboxylic acids is 1. The van der Waals surface area contributed by atoms with Crippen LogP contribution in [0.25, 0.3) is 0 Å². The zero-order valence-electron chi connectivity index (χ0n) is 17.6. The Kier molecular flexibility index (Phi) is 5.10. The molecule has 0 unspecified atom stereocenters. The van der Waals surface area contributed by atoms with E-state index in [4.69, 9.17) is 14.0 Å². The molecule has 27 heavy (non-hydrogen) atoms. The highest BCUT2D eigenvalue weighted by Crippen LogP contribution is 2.36. The van der Waals surface area contributed by atoms with Crippen molar-refractivity contribution in [3.8, 4) is 0 Å². The molecule has 2 aliphatic heterocycles. The molecule has 3 heterocycles. The smallest absolute Gasteiger partial charge is 0.444 e. The molecule has 3 rings (SSSR count). The van der Waals surface area contributed by atoms with Crippen LogP contribution in [0.2, 0.25) is 0 Å². The van der Waals surface area contributed by atoms with Crippen molar-refractivity contribution in [1.82, 2.24) is 14.7 Å². The van der Waals surface area contributed by atoms with E-state index in [9.17, 15) is 4.79 Å². The molecule has 2 saturated heterocycles. The summed E-state index contributed by atoms with van der Waals surface area (Å²) in [6.07, 6.45) is 5.42. The average molecular weight is 377 g/mol. The number of nitrogens with zero attached hydrogens (tertiary/aromatic N) is 3. The van der Waals surface area contributed by atoms with Gasteiger partial charge in [0.05, 0.1) is 23.8 Å². The third-order valence-electron chi connectivity index (χ3n) is 5.58. The van der Waals surface area contributed by atoms with E-state index in [1.165, 1.54) is 0 Å². The van der Waals surface area contributed by atoms with Crippen molar-refractivity contribution in [3.63, 3.8) is 0 Å². The van der Waals surface area contributed by atoms with Crippen molar-refractivity contribution >= 4 is 18.7 Å². The van der Waals surface area contributed by atoms with Crippen molar-refractivity contribution < 1.29 is 18.8 Å². The first-order chi connectivity index (χ1) is 12.4. The maximum atomic E-state index is 12.5. The van der Waals surface area contributed by atoms with Crippen LogP contribution in [0.1, 0.15) is 61.3 Å². The van der Waals surface area contributed by atoms with Gasteiger partial charge >= 0.3 is 13.2 Å². The zero-order valence-corrected chi connectivity index (χ0v) is 17.6. The molecule has 0 aromatic carbocycles. The molecular formula is C19H32BN3O4. The second-order valence-corrected chi connectivity index (χ2v) is 9.55. The first-order valence-corrected chi connectivity index (χ1v) is 9.76. The summed E-state index contributed by atoms with van der Waals surface area (Å²) in [6.45, 7) is 15.2.